The minimum atomic E-state index is -0.319. The highest BCUT2D eigenvalue weighted by atomic mass is 16.2. The fourth-order valence-corrected chi connectivity index (χ4v) is 5.22. The Morgan fingerprint density at radius 1 is 1.08 bits per heavy atom. The summed E-state index contributed by atoms with van der Waals surface area (Å²) >= 11 is 0. The van der Waals surface area contributed by atoms with Gasteiger partial charge in [0.2, 0.25) is 17.7 Å². The number of carbonyl (C=O) groups excluding carboxylic acids is 3. The second-order valence-corrected chi connectivity index (χ2v) is 7.78. The largest absolute Gasteiger partial charge is 0.324 e. The quantitative estimate of drug-likeness (QED) is 0.678. The van der Waals surface area contributed by atoms with Crippen molar-refractivity contribution in [3.05, 3.63) is 42.0 Å². The molecule has 5 aliphatic rings. The van der Waals surface area contributed by atoms with Crippen LogP contribution in [0.4, 0.5) is 5.69 Å². The van der Waals surface area contributed by atoms with E-state index < -0.39 is 0 Å². The van der Waals surface area contributed by atoms with Crippen LogP contribution < -0.4 is 5.32 Å². The van der Waals surface area contributed by atoms with Gasteiger partial charge in [-0.05, 0) is 48.6 Å². The molecule has 3 amide bonds. The van der Waals surface area contributed by atoms with Gasteiger partial charge < -0.3 is 5.32 Å². The molecule has 25 heavy (non-hydrogen) atoms. The zero-order chi connectivity index (χ0) is 17.3. The smallest absolute Gasteiger partial charge is 0.244 e. The van der Waals surface area contributed by atoms with Gasteiger partial charge in [-0.2, -0.15) is 0 Å². The molecule has 0 aromatic heterocycles. The molecule has 1 aromatic rings. The molecule has 0 radical (unpaired) electrons. The second kappa shape index (κ2) is 5.04. The van der Waals surface area contributed by atoms with Gasteiger partial charge in [0.05, 0.1) is 11.8 Å². The van der Waals surface area contributed by atoms with Crippen LogP contribution in [0.2, 0.25) is 0 Å². The lowest BCUT2D eigenvalue weighted by Crippen LogP contribution is -2.40. The van der Waals surface area contributed by atoms with Crippen molar-refractivity contribution in [1.82, 2.24) is 4.90 Å². The van der Waals surface area contributed by atoms with Crippen molar-refractivity contribution in [2.75, 3.05) is 11.9 Å². The summed E-state index contributed by atoms with van der Waals surface area (Å²) in [7, 11) is 0. The van der Waals surface area contributed by atoms with E-state index in [1.54, 1.807) is 0 Å². The maximum atomic E-state index is 12.9. The van der Waals surface area contributed by atoms with Crippen molar-refractivity contribution >= 4 is 23.4 Å². The van der Waals surface area contributed by atoms with Crippen LogP contribution in [-0.2, 0) is 14.4 Å². The molecule has 2 bridgehead atoms. The van der Waals surface area contributed by atoms with Gasteiger partial charge >= 0.3 is 0 Å². The first kappa shape index (κ1) is 14.9. The maximum absolute atomic E-state index is 12.9. The first-order valence-corrected chi connectivity index (χ1v) is 8.95. The van der Waals surface area contributed by atoms with E-state index in [0.29, 0.717) is 17.5 Å². The first-order chi connectivity index (χ1) is 12.1. The van der Waals surface area contributed by atoms with Gasteiger partial charge in [0.15, 0.2) is 0 Å². The fourth-order valence-electron chi connectivity index (χ4n) is 5.22. The van der Waals surface area contributed by atoms with Gasteiger partial charge in [0.1, 0.15) is 6.54 Å². The van der Waals surface area contributed by atoms with E-state index in [4.69, 9.17) is 0 Å². The zero-order valence-electron chi connectivity index (χ0n) is 14.0. The van der Waals surface area contributed by atoms with E-state index in [1.807, 2.05) is 31.2 Å². The molecule has 1 saturated heterocycles. The summed E-state index contributed by atoms with van der Waals surface area (Å²) in [6, 6.07) is 7.47. The minimum absolute atomic E-state index is 0.153. The number of nitrogens with zero attached hydrogens (tertiary/aromatic N) is 1. The van der Waals surface area contributed by atoms with Crippen LogP contribution >= 0.6 is 0 Å². The van der Waals surface area contributed by atoms with Crippen molar-refractivity contribution in [2.45, 2.75) is 13.3 Å². The summed E-state index contributed by atoms with van der Waals surface area (Å²) < 4.78 is 0. The predicted octanol–water partition coefficient (Wildman–Crippen LogP) is 1.99. The van der Waals surface area contributed by atoms with Gasteiger partial charge in [-0.1, -0.05) is 30.4 Å². The number of amides is 3. The number of hydrogen-bond acceptors (Lipinski definition) is 3. The Morgan fingerprint density at radius 2 is 1.68 bits per heavy atom. The number of nitrogens with one attached hydrogen (secondary N) is 1. The molecule has 5 nitrogen and oxygen atoms in total. The summed E-state index contributed by atoms with van der Waals surface area (Å²) in [4.78, 5) is 39.3. The SMILES string of the molecule is Cc1ccccc1NC(=O)CN1C(=O)[C@@H]2[C@@H]3C=C[C@H]([C@H]4C[C@H]34)[C@@H]2C1=O. The molecule has 2 saturated carbocycles. The van der Waals surface area contributed by atoms with E-state index >= 15 is 0 Å². The average molecular weight is 336 g/mol. The number of imide groups is 1. The van der Waals surface area contributed by atoms with Crippen molar-refractivity contribution in [2.24, 2.45) is 35.5 Å². The molecule has 0 spiro atoms. The van der Waals surface area contributed by atoms with Gasteiger partial charge in [-0.15, -0.1) is 0 Å². The summed E-state index contributed by atoms with van der Waals surface area (Å²) in [5, 5.41) is 2.81. The molecule has 1 aromatic carbocycles. The highest BCUT2D eigenvalue weighted by molar-refractivity contribution is 6.09. The molecule has 6 atom stereocenters. The lowest BCUT2D eigenvalue weighted by atomic mass is 9.63. The molecule has 1 N–H and O–H groups in total. The highest BCUT2D eigenvalue weighted by Gasteiger charge is 2.67. The Hall–Kier alpha value is -2.43. The molecule has 0 unspecified atom stereocenters. The van der Waals surface area contributed by atoms with Crippen molar-refractivity contribution in [3.63, 3.8) is 0 Å². The number of anilines is 1. The third-order valence-electron chi connectivity index (χ3n) is 6.47. The number of para-hydroxylation sites is 1. The van der Waals surface area contributed by atoms with Crippen LogP contribution in [0.25, 0.3) is 0 Å². The van der Waals surface area contributed by atoms with Crippen LogP contribution in [0.5, 0.6) is 0 Å². The van der Waals surface area contributed by atoms with Crippen LogP contribution in [0.1, 0.15) is 12.0 Å². The summed E-state index contributed by atoms with van der Waals surface area (Å²) in [5.74, 6) is 0.443. The third-order valence-corrected chi connectivity index (χ3v) is 6.47. The van der Waals surface area contributed by atoms with Crippen molar-refractivity contribution < 1.29 is 14.4 Å². The Kier molecular flexibility index (Phi) is 3.00. The summed E-state index contributed by atoms with van der Waals surface area (Å²) in [6.07, 6.45) is 5.42. The highest BCUT2D eigenvalue weighted by Crippen LogP contribution is 2.65. The Morgan fingerprint density at radius 3 is 2.28 bits per heavy atom. The Labute approximate surface area is 146 Å². The van der Waals surface area contributed by atoms with Gasteiger partial charge in [0.25, 0.3) is 0 Å². The Bertz CT molecular complexity index is 794. The molecule has 128 valence electrons. The van der Waals surface area contributed by atoms with E-state index in [1.165, 1.54) is 4.90 Å². The molecule has 5 heteroatoms. The van der Waals surface area contributed by atoms with E-state index in [0.717, 1.165) is 12.0 Å². The second-order valence-electron chi connectivity index (χ2n) is 7.78. The topological polar surface area (TPSA) is 66.5 Å². The zero-order valence-corrected chi connectivity index (χ0v) is 14.0. The Balaban J connectivity index is 1.34. The van der Waals surface area contributed by atoms with Gasteiger partial charge in [-0.3, -0.25) is 19.3 Å². The lowest BCUT2D eigenvalue weighted by Gasteiger charge is -2.37. The van der Waals surface area contributed by atoms with E-state index in [2.05, 4.69) is 17.5 Å². The van der Waals surface area contributed by atoms with Crippen molar-refractivity contribution in [1.29, 1.82) is 0 Å². The molecular weight excluding hydrogens is 316 g/mol. The number of likely N-dealkylation sites (tertiary alicyclic amines) is 1. The number of allylic oxidation sites excluding steroid dienone is 2. The first-order valence-electron chi connectivity index (χ1n) is 8.95. The number of carbonyl (C=O) groups is 3. The number of rotatable bonds is 3. The number of benzene rings is 1. The number of aryl methyl sites for hydroxylation is 1. The molecule has 4 aliphatic carbocycles. The standard InChI is InChI=1S/C20H20N2O3/c1-10-4-2-3-5-15(10)21-16(23)9-22-19(24)17-11-6-7-12(14-8-13(11)14)18(17)20(22)25/h2-7,11-14,17-18H,8-9H2,1H3,(H,21,23)/t11-,12-,13-,14-,17-,18+/m1/s1. The van der Waals surface area contributed by atoms with Crippen LogP contribution in [0.15, 0.2) is 36.4 Å². The summed E-state index contributed by atoms with van der Waals surface area (Å²) in [6.45, 7) is 1.72. The van der Waals surface area contributed by atoms with Gasteiger partial charge in [-0.25, -0.2) is 0 Å². The minimum Gasteiger partial charge on any atom is -0.324 e. The molecule has 6 rings (SSSR count). The molecule has 3 fully saturated rings. The molecular formula is C20H20N2O3. The van der Waals surface area contributed by atoms with Crippen LogP contribution in [0, 0.1) is 42.4 Å². The lowest BCUT2D eigenvalue weighted by molar-refractivity contribution is -0.142. The maximum Gasteiger partial charge on any atom is 0.244 e. The summed E-state index contributed by atoms with van der Waals surface area (Å²) in [5.41, 5.74) is 1.66. The van der Waals surface area contributed by atoms with Gasteiger partial charge in [0, 0.05) is 5.69 Å². The average Bonchev–Trinajstić information content (AvgIpc) is 3.38. The van der Waals surface area contributed by atoms with Crippen LogP contribution in [-0.4, -0.2) is 29.2 Å². The fraction of sp³-hybridized carbons (Fsp3) is 0.450. The van der Waals surface area contributed by atoms with E-state index in [9.17, 15) is 14.4 Å². The van der Waals surface area contributed by atoms with Crippen molar-refractivity contribution in [3.8, 4) is 0 Å². The van der Waals surface area contributed by atoms with Crippen LogP contribution in [0.3, 0.4) is 0 Å². The van der Waals surface area contributed by atoms with E-state index in [-0.39, 0.29) is 47.9 Å². The normalized spacial score (nSPS) is 37.1. The molecule has 1 heterocycles. The number of hydrogen-bond donors (Lipinski definition) is 1. The third kappa shape index (κ3) is 2.04. The monoisotopic (exact) mass is 336 g/mol. The molecule has 1 aliphatic heterocycles. The predicted molar refractivity (Wildman–Crippen MR) is 91.2 cm³/mol.